The predicted molar refractivity (Wildman–Crippen MR) is 81.6 cm³/mol. The van der Waals surface area contributed by atoms with Gasteiger partial charge in [-0.1, -0.05) is 47.5 Å². The van der Waals surface area contributed by atoms with Crippen LogP contribution in [0, 0.1) is 0 Å². The molecule has 0 unspecified atom stereocenters. The maximum Gasteiger partial charge on any atom is 0.338 e. The van der Waals surface area contributed by atoms with Crippen LogP contribution < -0.4 is 5.32 Å². The number of para-hydroxylation sites is 1. The summed E-state index contributed by atoms with van der Waals surface area (Å²) in [6.45, 7) is 0.425. The fourth-order valence-electron chi connectivity index (χ4n) is 1.83. The molecule has 0 aromatic heterocycles. The van der Waals surface area contributed by atoms with E-state index in [1.54, 1.807) is 30.3 Å². The molecule has 0 heterocycles. The van der Waals surface area contributed by atoms with E-state index in [2.05, 4.69) is 5.32 Å². The summed E-state index contributed by atoms with van der Waals surface area (Å²) in [5.74, 6) is -0.368. The van der Waals surface area contributed by atoms with Gasteiger partial charge in [0.05, 0.1) is 28.4 Å². The molecule has 0 aliphatic carbocycles. The first kappa shape index (κ1) is 14.7. The lowest BCUT2D eigenvalue weighted by atomic mass is 10.1. The second-order valence-electron chi connectivity index (χ2n) is 4.10. The topological polar surface area (TPSA) is 38.3 Å². The lowest BCUT2D eigenvalue weighted by molar-refractivity contribution is 0.0599. The molecule has 0 aliphatic rings. The highest BCUT2D eigenvalue weighted by Gasteiger charge is 2.11. The van der Waals surface area contributed by atoms with Crippen molar-refractivity contribution in [3.05, 3.63) is 63.6 Å². The molecule has 0 aliphatic heterocycles. The summed E-state index contributed by atoms with van der Waals surface area (Å²) in [5.41, 5.74) is 1.98. The molecule has 1 N–H and O–H groups in total. The summed E-state index contributed by atoms with van der Waals surface area (Å²) in [7, 11) is 1.36. The van der Waals surface area contributed by atoms with Gasteiger partial charge in [0, 0.05) is 6.54 Å². The molecule has 3 nitrogen and oxygen atoms in total. The van der Waals surface area contributed by atoms with E-state index in [1.807, 2.05) is 12.1 Å². The predicted octanol–water partition coefficient (Wildman–Crippen LogP) is 4.39. The second-order valence-corrected chi connectivity index (χ2v) is 4.91. The molecular weight excluding hydrogens is 297 g/mol. The van der Waals surface area contributed by atoms with Crippen LogP contribution in [0.1, 0.15) is 15.9 Å². The average molecular weight is 310 g/mol. The zero-order valence-corrected chi connectivity index (χ0v) is 12.3. The van der Waals surface area contributed by atoms with E-state index in [0.717, 1.165) is 5.56 Å². The van der Waals surface area contributed by atoms with E-state index >= 15 is 0 Å². The highest BCUT2D eigenvalue weighted by atomic mass is 35.5. The molecule has 104 valence electrons. The number of methoxy groups -OCH3 is 1. The number of carbonyl (C=O) groups excluding carboxylic acids is 1. The lowest BCUT2D eigenvalue weighted by Gasteiger charge is -2.12. The number of nitrogens with one attached hydrogen (secondary N) is 1. The molecule has 0 spiro atoms. The number of rotatable bonds is 4. The average Bonchev–Trinajstić information content (AvgIpc) is 2.46. The minimum atomic E-state index is -0.368. The molecule has 0 atom stereocenters. The Labute approximate surface area is 127 Å². The largest absolute Gasteiger partial charge is 0.465 e. The minimum Gasteiger partial charge on any atom is -0.465 e. The molecule has 20 heavy (non-hydrogen) atoms. The van der Waals surface area contributed by atoms with Crippen LogP contribution in [0.4, 0.5) is 5.69 Å². The minimum absolute atomic E-state index is 0.368. The molecule has 5 heteroatoms. The highest BCUT2D eigenvalue weighted by Crippen LogP contribution is 2.30. The van der Waals surface area contributed by atoms with Gasteiger partial charge in [0.25, 0.3) is 0 Å². The fraction of sp³-hybridized carbons (Fsp3) is 0.133. The number of halogens is 2. The monoisotopic (exact) mass is 309 g/mol. The number of esters is 1. The van der Waals surface area contributed by atoms with Gasteiger partial charge in [-0.3, -0.25) is 0 Å². The van der Waals surface area contributed by atoms with Gasteiger partial charge in [0.2, 0.25) is 0 Å². The van der Waals surface area contributed by atoms with Gasteiger partial charge in [-0.25, -0.2) is 4.79 Å². The van der Waals surface area contributed by atoms with Crippen molar-refractivity contribution in [3.63, 3.8) is 0 Å². The molecular formula is C15H13Cl2NO2. The molecule has 0 radical (unpaired) electrons. The van der Waals surface area contributed by atoms with Crippen LogP contribution in [0.25, 0.3) is 0 Å². The number of anilines is 1. The van der Waals surface area contributed by atoms with Gasteiger partial charge < -0.3 is 10.1 Å². The maximum atomic E-state index is 11.7. The van der Waals surface area contributed by atoms with Crippen LogP contribution in [0.2, 0.25) is 10.0 Å². The summed E-state index contributed by atoms with van der Waals surface area (Å²) < 4.78 is 4.76. The Morgan fingerprint density at radius 1 is 1.10 bits per heavy atom. The van der Waals surface area contributed by atoms with Crippen molar-refractivity contribution < 1.29 is 9.53 Å². The van der Waals surface area contributed by atoms with Crippen LogP contribution in [0.15, 0.2) is 42.5 Å². The van der Waals surface area contributed by atoms with Gasteiger partial charge >= 0.3 is 5.97 Å². The van der Waals surface area contributed by atoms with E-state index in [1.165, 1.54) is 7.11 Å². The summed E-state index contributed by atoms with van der Waals surface area (Å²) in [6.07, 6.45) is 0. The third-order valence-electron chi connectivity index (χ3n) is 2.84. The molecule has 0 saturated carbocycles. The van der Waals surface area contributed by atoms with E-state index in [-0.39, 0.29) is 5.97 Å². The third-order valence-corrected chi connectivity index (χ3v) is 3.47. The normalized spacial score (nSPS) is 10.2. The van der Waals surface area contributed by atoms with Crippen molar-refractivity contribution in [2.75, 3.05) is 12.4 Å². The Hall–Kier alpha value is -1.71. The first-order valence-corrected chi connectivity index (χ1v) is 6.73. The van der Waals surface area contributed by atoms with E-state index in [0.29, 0.717) is 27.8 Å². The van der Waals surface area contributed by atoms with E-state index in [9.17, 15) is 4.79 Å². The van der Waals surface area contributed by atoms with Crippen molar-refractivity contribution >= 4 is 34.9 Å². The molecule has 0 fully saturated rings. The Kier molecular flexibility index (Phi) is 4.88. The van der Waals surface area contributed by atoms with Crippen LogP contribution in [0.5, 0.6) is 0 Å². The van der Waals surface area contributed by atoms with Gasteiger partial charge in [0.1, 0.15) is 0 Å². The Bertz CT molecular complexity index is 609. The van der Waals surface area contributed by atoms with Crippen LogP contribution in [-0.2, 0) is 11.3 Å². The number of ether oxygens (including phenoxy) is 1. The number of carbonyl (C=O) groups is 1. The quantitative estimate of drug-likeness (QED) is 0.851. The van der Waals surface area contributed by atoms with Crippen molar-refractivity contribution in [1.29, 1.82) is 0 Å². The van der Waals surface area contributed by atoms with Crippen molar-refractivity contribution in [3.8, 4) is 0 Å². The Morgan fingerprint density at radius 3 is 2.40 bits per heavy atom. The Balaban J connectivity index is 2.21. The van der Waals surface area contributed by atoms with Crippen molar-refractivity contribution in [1.82, 2.24) is 0 Å². The van der Waals surface area contributed by atoms with Gasteiger partial charge in [0.15, 0.2) is 0 Å². The zero-order chi connectivity index (χ0) is 14.5. The first-order valence-electron chi connectivity index (χ1n) is 5.97. The lowest BCUT2D eigenvalue weighted by Crippen LogP contribution is -2.09. The summed E-state index contributed by atoms with van der Waals surface area (Å²) in [4.78, 5) is 11.7. The van der Waals surface area contributed by atoms with E-state index in [4.69, 9.17) is 27.9 Å². The highest BCUT2D eigenvalue weighted by molar-refractivity contribution is 6.39. The fourth-order valence-corrected chi connectivity index (χ4v) is 2.36. The van der Waals surface area contributed by atoms with Crippen LogP contribution in [-0.4, -0.2) is 13.1 Å². The summed E-state index contributed by atoms with van der Waals surface area (Å²) in [5, 5.41) is 4.22. The molecule has 2 aromatic carbocycles. The maximum absolute atomic E-state index is 11.7. The number of benzene rings is 2. The standard InChI is InChI=1S/C15H13Cl2NO2/c1-20-15(19)11-6-3-2-5-10(11)9-18-14-12(16)7-4-8-13(14)17/h2-8,18H,9H2,1H3. The van der Waals surface area contributed by atoms with E-state index < -0.39 is 0 Å². The first-order chi connectivity index (χ1) is 9.63. The third kappa shape index (κ3) is 3.24. The zero-order valence-electron chi connectivity index (χ0n) is 10.8. The van der Waals surface area contributed by atoms with Crippen molar-refractivity contribution in [2.45, 2.75) is 6.54 Å². The number of hydrogen-bond donors (Lipinski definition) is 1. The Morgan fingerprint density at radius 2 is 1.75 bits per heavy atom. The molecule has 2 aromatic rings. The van der Waals surface area contributed by atoms with Crippen molar-refractivity contribution in [2.24, 2.45) is 0 Å². The summed E-state index contributed by atoms with van der Waals surface area (Å²) in [6, 6.07) is 12.5. The molecule has 0 amide bonds. The smallest absolute Gasteiger partial charge is 0.338 e. The number of hydrogen-bond acceptors (Lipinski definition) is 3. The molecule has 0 saturated heterocycles. The van der Waals surface area contributed by atoms with Crippen LogP contribution >= 0.6 is 23.2 Å². The molecule has 2 rings (SSSR count). The van der Waals surface area contributed by atoms with Crippen LogP contribution in [0.3, 0.4) is 0 Å². The SMILES string of the molecule is COC(=O)c1ccccc1CNc1c(Cl)cccc1Cl. The van der Waals surface area contributed by atoms with Gasteiger partial charge in [-0.2, -0.15) is 0 Å². The molecule has 0 bridgehead atoms. The van der Waals surface area contributed by atoms with Gasteiger partial charge in [-0.15, -0.1) is 0 Å². The van der Waals surface area contributed by atoms with Gasteiger partial charge in [-0.05, 0) is 23.8 Å². The second kappa shape index (κ2) is 6.64. The summed E-state index contributed by atoms with van der Waals surface area (Å²) >= 11 is 12.2.